The molecule has 3 aromatic rings. The molecular formula is C22H25FN4O4S. The highest BCUT2D eigenvalue weighted by Crippen LogP contribution is 2.25. The van der Waals surface area contributed by atoms with Crippen molar-refractivity contribution in [3.05, 3.63) is 58.8 Å². The molecule has 8 nitrogen and oxygen atoms in total. The van der Waals surface area contributed by atoms with Gasteiger partial charge in [0.15, 0.2) is 0 Å². The van der Waals surface area contributed by atoms with Crippen LogP contribution in [0.15, 0.2) is 52.2 Å². The monoisotopic (exact) mass is 460 g/mol. The third kappa shape index (κ3) is 4.07. The van der Waals surface area contributed by atoms with Crippen molar-refractivity contribution >= 4 is 32.7 Å². The average Bonchev–Trinajstić information content (AvgIpc) is 3.35. The molecular weight excluding hydrogens is 435 g/mol. The molecule has 2 aromatic carbocycles. The molecule has 1 N–H and O–H groups in total. The van der Waals surface area contributed by atoms with Crippen LogP contribution in [-0.4, -0.2) is 40.9 Å². The molecule has 0 radical (unpaired) electrons. The minimum atomic E-state index is -3.69. The molecule has 1 fully saturated rings. The largest absolute Gasteiger partial charge is 0.329 e. The quantitative estimate of drug-likeness (QED) is 0.612. The predicted molar refractivity (Wildman–Crippen MR) is 120 cm³/mol. The van der Waals surface area contributed by atoms with Gasteiger partial charge < -0.3 is 5.32 Å². The number of aromatic nitrogens is 2. The van der Waals surface area contributed by atoms with E-state index in [-0.39, 0.29) is 23.2 Å². The molecule has 0 bridgehead atoms. The Hall–Kier alpha value is -2.98. The summed E-state index contributed by atoms with van der Waals surface area (Å²) < 4.78 is 43.7. The summed E-state index contributed by atoms with van der Waals surface area (Å²) in [6.45, 7) is 4.28. The van der Waals surface area contributed by atoms with Crippen molar-refractivity contribution in [1.82, 2.24) is 13.4 Å². The second-order valence-electron chi connectivity index (χ2n) is 8.15. The first-order valence-corrected chi connectivity index (χ1v) is 11.9. The van der Waals surface area contributed by atoms with Gasteiger partial charge in [-0.3, -0.25) is 13.9 Å². The molecule has 1 amide bonds. The maximum Gasteiger partial charge on any atom is 0.329 e. The summed E-state index contributed by atoms with van der Waals surface area (Å²) in [5.74, 6) is -1.01. The fourth-order valence-electron chi connectivity index (χ4n) is 4.06. The van der Waals surface area contributed by atoms with E-state index in [2.05, 4.69) is 5.32 Å². The lowest BCUT2D eigenvalue weighted by Gasteiger charge is -2.16. The molecule has 10 heteroatoms. The molecule has 1 aliphatic rings. The Morgan fingerprint density at radius 1 is 1.09 bits per heavy atom. The van der Waals surface area contributed by atoms with Crippen LogP contribution in [0.1, 0.15) is 32.7 Å². The van der Waals surface area contributed by atoms with Crippen LogP contribution in [0.25, 0.3) is 11.0 Å². The number of halogens is 1. The summed E-state index contributed by atoms with van der Waals surface area (Å²) in [6.07, 6.45) is 1.63. The van der Waals surface area contributed by atoms with Crippen molar-refractivity contribution in [3.63, 3.8) is 0 Å². The van der Waals surface area contributed by atoms with Crippen LogP contribution in [0, 0.1) is 5.82 Å². The highest BCUT2D eigenvalue weighted by molar-refractivity contribution is 7.89. The van der Waals surface area contributed by atoms with Crippen molar-refractivity contribution in [3.8, 4) is 0 Å². The fourth-order valence-corrected chi connectivity index (χ4v) is 5.60. The standard InChI is InChI=1S/C22H25FN4O4S/c1-15(2)27-19-9-8-18(32(30,31)25-10-3-4-11-25)13-20(19)26(22(27)29)14-21(28)24-17-7-5-6-16(23)12-17/h5-9,12-13,15H,3-4,10-11,14H2,1-2H3,(H,24,28). The first-order chi connectivity index (χ1) is 15.2. The highest BCUT2D eigenvalue weighted by Gasteiger charge is 2.28. The number of benzene rings is 2. The number of sulfonamides is 1. The molecule has 0 aliphatic carbocycles. The van der Waals surface area contributed by atoms with Crippen LogP contribution in [0.2, 0.25) is 0 Å². The molecule has 2 heterocycles. The highest BCUT2D eigenvalue weighted by atomic mass is 32.2. The maximum absolute atomic E-state index is 13.4. The van der Waals surface area contributed by atoms with Gasteiger partial charge in [0, 0.05) is 24.8 Å². The van der Waals surface area contributed by atoms with Crippen LogP contribution in [0.3, 0.4) is 0 Å². The molecule has 0 atom stereocenters. The predicted octanol–water partition coefficient (Wildman–Crippen LogP) is 2.95. The van der Waals surface area contributed by atoms with E-state index in [1.807, 2.05) is 13.8 Å². The second kappa shape index (κ2) is 8.51. The number of fused-ring (bicyclic) bond motifs is 1. The second-order valence-corrected chi connectivity index (χ2v) is 10.1. The van der Waals surface area contributed by atoms with E-state index in [0.29, 0.717) is 24.1 Å². The molecule has 1 saturated heterocycles. The minimum absolute atomic E-state index is 0.0899. The van der Waals surface area contributed by atoms with Crippen molar-refractivity contribution in [1.29, 1.82) is 0 Å². The third-order valence-corrected chi connectivity index (χ3v) is 7.46. The summed E-state index contributed by atoms with van der Waals surface area (Å²) in [4.78, 5) is 25.8. The number of rotatable bonds is 6. The van der Waals surface area contributed by atoms with Gasteiger partial charge in [0.05, 0.1) is 15.9 Å². The van der Waals surface area contributed by atoms with Gasteiger partial charge in [0.25, 0.3) is 0 Å². The van der Waals surface area contributed by atoms with Gasteiger partial charge in [-0.15, -0.1) is 0 Å². The van der Waals surface area contributed by atoms with Crippen molar-refractivity contribution in [2.24, 2.45) is 0 Å². The number of anilines is 1. The van der Waals surface area contributed by atoms with E-state index in [1.165, 1.54) is 43.8 Å². The van der Waals surface area contributed by atoms with E-state index in [9.17, 15) is 22.4 Å². The van der Waals surface area contributed by atoms with Crippen molar-refractivity contribution in [2.75, 3.05) is 18.4 Å². The van der Waals surface area contributed by atoms with E-state index in [0.717, 1.165) is 12.8 Å². The van der Waals surface area contributed by atoms with Gasteiger partial charge >= 0.3 is 5.69 Å². The van der Waals surface area contributed by atoms with Crippen molar-refractivity contribution < 1.29 is 17.6 Å². The zero-order valence-electron chi connectivity index (χ0n) is 17.9. The molecule has 4 rings (SSSR count). The summed E-state index contributed by atoms with van der Waals surface area (Å²) in [5, 5.41) is 2.58. The Morgan fingerprint density at radius 2 is 1.81 bits per heavy atom. The van der Waals surface area contributed by atoms with Crippen LogP contribution in [0.5, 0.6) is 0 Å². The van der Waals surface area contributed by atoms with Crippen LogP contribution >= 0.6 is 0 Å². The number of hydrogen-bond donors (Lipinski definition) is 1. The lowest BCUT2D eigenvalue weighted by atomic mass is 10.3. The van der Waals surface area contributed by atoms with E-state index in [4.69, 9.17) is 0 Å². The number of nitrogens with zero attached hydrogens (tertiary/aromatic N) is 3. The lowest BCUT2D eigenvalue weighted by Crippen LogP contribution is -2.30. The molecule has 1 aromatic heterocycles. The third-order valence-electron chi connectivity index (χ3n) is 5.56. The van der Waals surface area contributed by atoms with E-state index >= 15 is 0 Å². The lowest BCUT2D eigenvalue weighted by molar-refractivity contribution is -0.116. The summed E-state index contributed by atoms with van der Waals surface area (Å²) in [5.41, 5.74) is 0.760. The first kappa shape index (κ1) is 22.2. The maximum atomic E-state index is 13.4. The number of imidazole rings is 1. The Kier molecular flexibility index (Phi) is 5.91. The Labute approximate surface area is 185 Å². The van der Waals surface area contributed by atoms with Gasteiger partial charge in [-0.1, -0.05) is 6.07 Å². The normalized spacial score (nSPS) is 15.0. The van der Waals surface area contributed by atoms with Gasteiger partial charge in [0.2, 0.25) is 15.9 Å². The van der Waals surface area contributed by atoms with Crippen LogP contribution < -0.4 is 11.0 Å². The average molecular weight is 461 g/mol. The topological polar surface area (TPSA) is 93.4 Å². The molecule has 0 spiro atoms. The van der Waals surface area contributed by atoms with Crippen molar-refractivity contribution in [2.45, 2.75) is 44.2 Å². The fraction of sp³-hybridized carbons (Fsp3) is 0.364. The SMILES string of the molecule is CC(C)n1c(=O)n(CC(=O)Nc2cccc(F)c2)c2cc(S(=O)(=O)N3CCCC3)ccc21. The number of amides is 1. The minimum Gasteiger partial charge on any atom is -0.324 e. The molecule has 32 heavy (non-hydrogen) atoms. The van der Waals surface area contributed by atoms with Gasteiger partial charge in [-0.25, -0.2) is 17.6 Å². The van der Waals surface area contributed by atoms with Gasteiger partial charge in [-0.05, 0) is 63.1 Å². The molecule has 0 unspecified atom stereocenters. The number of carbonyl (C=O) groups excluding carboxylic acids is 1. The Morgan fingerprint density at radius 3 is 2.47 bits per heavy atom. The number of carbonyl (C=O) groups is 1. The molecule has 0 saturated carbocycles. The van der Waals surface area contributed by atoms with Gasteiger partial charge in [0.1, 0.15) is 12.4 Å². The van der Waals surface area contributed by atoms with Crippen LogP contribution in [0.4, 0.5) is 10.1 Å². The van der Waals surface area contributed by atoms with E-state index in [1.54, 1.807) is 12.1 Å². The molecule has 170 valence electrons. The summed E-state index contributed by atoms with van der Waals surface area (Å²) in [7, 11) is -3.69. The summed E-state index contributed by atoms with van der Waals surface area (Å²) >= 11 is 0. The van der Waals surface area contributed by atoms with Crippen LogP contribution in [-0.2, 0) is 21.4 Å². The number of nitrogens with one attached hydrogen (secondary N) is 1. The Balaban J connectivity index is 1.75. The first-order valence-electron chi connectivity index (χ1n) is 10.5. The van der Waals surface area contributed by atoms with Gasteiger partial charge in [-0.2, -0.15) is 4.31 Å². The Bertz CT molecular complexity index is 1340. The van der Waals surface area contributed by atoms with E-state index < -0.39 is 27.4 Å². The zero-order chi connectivity index (χ0) is 23.0. The molecule has 1 aliphatic heterocycles. The zero-order valence-corrected chi connectivity index (χ0v) is 18.7. The smallest absolute Gasteiger partial charge is 0.324 e. The number of hydrogen-bond acceptors (Lipinski definition) is 4. The summed E-state index contributed by atoms with van der Waals surface area (Å²) in [6, 6.07) is 9.83.